The molecule has 1 N–H and O–H groups in total. The molecule has 0 saturated carbocycles. The highest BCUT2D eigenvalue weighted by Crippen LogP contribution is 2.11. The van der Waals surface area contributed by atoms with Gasteiger partial charge < -0.3 is 9.63 Å². The van der Waals surface area contributed by atoms with Gasteiger partial charge in [-0.2, -0.15) is 4.31 Å². The first-order valence-corrected chi connectivity index (χ1v) is 6.46. The van der Waals surface area contributed by atoms with Crippen molar-refractivity contribution in [1.29, 1.82) is 0 Å². The third-order valence-electron chi connectivity index (χ3n) is 2.33. The van der Waals surface area contributed by atoms with Crippen molar-refractivity contribution < 1.29 is 18.0 Å². The molecule has 1 atom stereocenters. The van der Waals surface area contributed by atoms with Crippen LogP contribution in [0.1, 0.15) is 18.4 Å². The minimum atomic E-state index is -3.46. The van der Waals surface area contributed by atoms with Crippen molar-refractivity contribution >= 4 is 10.0 Å². The minimum absolute atomic E-state index is 0.215. The molecule has 7 heteroatoms. The van der Waals surface area contributed by atoms with E-state index < -0.39 is 16.1 Å². The highest BCUT2D eigenvalue weighted by atomic mass is 32.2. The molecule has 0 spiro atoms. The van der Waals surface area contributed by atoms with E-state index in [4.69, 9.17) is 9.63 Å². The molecule has 0 amide bonds. The van der Waals surface area contributed by atoms with Gasteiger partial charge in [0.2, 0.25) is 10.0 Å². The van der Waals surface area contributed by atoms with Crippen LogP contribution in [0.4, 0.5) is 0 Å². The van der Waals surface area contributed by atoms with E-state index in [1.165, 1.54) is 7.05 Å². The Morgan fingerprint density at radius 1 is 1.62 bits per heavy atom. The average Bonchev–Trinajstić information content (AvgIpc) is 2.60. The van der Waals surface area contributed by atoms with E-state index in [0.717, 1.165) is 4.31 Å². The molecule has 16 heavy (non-hydrogen) atoms. The van der Waals surface area contributed by atoms with Crippen molar-refractivity contribution in [3.63, 3.8) is 0 Å². The minimum Gasteiger partial charge on any atom is -0.395 e. The summed E-state index contributed by atoms with van der Waals surface area (Å²) in [6, 6.07) is 1.13. The number of aromatic nitrogens is 1. The van der Waals surface area contributed by atoms with Crippen molar-refractivity contribution in [2.24, 2.45) is 0 Å². The molecule has 0 aromatic carbocycles. The number of rotatable bonds is 5. The van der Waals surface area contributed by atoms with E-state index in [1.54, 1.807) is 19.9 Å². The van der Waals surface area contributed by atoms with Crippen LogP contribution in [0.3, 0.4) is 0 Å². The summed E-state index contributed by atoms with van der Waals surface area (Å²) >= 11 is 0. The van der Waals surface area contributed by atoms with Crippen LogP contribution < -0.4 is 0 Å². The summed E-state index contributed by atoms with van der Waals surface area (Å²) in [4.78, 5) is 0. The number of aliphatic hydroxyl groups is 1. The SMILES string of the molecule is Cc1cc(CS(=O)(=O)N(C)C(C)CO)no1. The fraction of sp³-hybridized carbons (Fsp3) is 0.667. The molecule has 0 saturated heterocycles. The van der Waals surface area contributed by atoms with Gasteiger partial charge in [0.1, 0.15) is 17.2 Å². The maximum absolute atomic E-state index is 11.8. The van der Waals surface area contributed by atoms with Crippen LogP contribution in [0.15, 0.2) is 10.6 Å². The van der Waals surface area contributed by atoms with E-state index in [9.17, 15) is 8.42 Å². The summed E-state index contributed by atoms with van der Waals surface area (Å²) in [6.45, 7) is 3.11. The van der Waals surface area contributed by atoms with E-state index in [1.807, 2.05) is 0 Å². The summed E-state index contributed by atoms with van der Waals surface area (Å²) in [5.74, 6) is 0.355. The van der Waals surface area contributed by atoms with Crippen molar-refractivity contribution in [1.82, 2.24) is 9.46 Å². The first-order chi connectivity index (χ1) is 7.36. The number of aryl methyl sites for hydroxylation is 1. The molecular weight excluding hydrogens is 232 g/mol. The molecule has 1 aromatic rings. The second-order valence-electron chi connectivity index (χ2n) is 3.73. The number of aliphatic hydroxyl groups excluding tert-OH is 1. The summed E-state index contributed by atoms with van der Waals surface area (Å²) < 4.78 is 29.6. The van der Waals surface area contributed by atoms with Gasteiger partial charge in [-0.15, -0.1) is 0 Å². The summed E-state index contributed by atoms with van der Waals surface area (Å²) in [5, 5.41) is 12.5. The van der Waals surface area contributed by atoms with Gasteiger partial charge in [-0.3, -0.25) is 0 Å². The Morgan fingerprint density at radius 3 is 2.69 bits per heavy atom. The third kappa shape index (κ3) is 3.03. The number of sulfonamides is 1. The highest BCUT2D eigenvalue weighted by molar-refractivity contribution is 7.88. The lowest BCUT2D eigenvalue weighted by Gasteiger charge is -2.21. The monoisotopic (exact) mass is 248 g/mol. The van der Waals surface area contributed by atoms with Crippen LogP contribution in [-0.4, -0.2) is 42.7 Å². The van der Waals surface area contributed by atoms with Crippen molar-refractivity contribution in [3.05, 3.63) is 17.5 Å². The molecule has 6 nitrogen and oxygen atoms in total. The van der Waals surface area contributed by atoms with E-state index in [0.29, 0.717) is 11.5 Å². The maximum Gasteiger partial charge on any atom is 0.220 e. The topological polar surface area (TPSA) is 83.6 Å². The van der Waals surface area contributed by atoms with Crippen LogP contribution in [0.5, 0.6) is 0 Å². The molecule has 0 bridgehead atoms. The van der Waals surface area contributed by atoms with Crippen LogP contribution in [0, 0.1) is 6.92 Å². The van der Waals surface area contributed by atoms with Gasteiger partial charge in [0, 0.05) is 19.2 Å². The first-order valence-electron chi connectivity index (χ1n) is 4.85. The second-order valence-corrected chi connectivity index (χ2v) is 5.76. The third-order valence-corrected chi connectivity index (χ3v) is 4.23. The molecule has 1 aromatic heterocycles. The van der Waals surface area contributed by atoms with Crippen molar-refractivity contribution in [3.8, 4) is 0 Å². The lowest BCUT2D eigenvalue weighted by Crippen LogP contribution is -2.38. The number of hydrogen-bond acceptors (Lipinski definition) is 5. The Kier molecular flexibility index (Phi) is 4.06. The molecular formula is C9H16N2O4S. The zero-order valence-electron chi connectivity index (χ0n) is 9.54. The van der Waals surface area contributed by atoms with Crippen LogP contribution >= 0.6 is 0 Å². The van der Waals surface area contributed by atoms with Gasteiger partial charge in [-0.1, -0.05) is 5.16 Å². The fourth-order valence-corrected chi connectivity index (χ4v) is 2.49. The second kappa shape index (κ2) is 4.94. The van der Waals surface area contributed by atoms with E-state index in [-0.39, 0.29) is 12.4 Å². The van der Waals surface area contributed by atoms with Gasteiger partial charge in [-0.05, 0) is 13.8 Å². The Balaban J connectivity index is 2.79. The first kappa shape index (κ1) is 13.1. The van der Waals surface area contributed by atoms with Gasteiger partial charge in [0.25, 0.3) is 0 Å². The largest absolute Gasteiger partial charge is 0.395 e. The zero-order valence-corrected chi connectivity index (χ0v) is 10.4. The van der Waals surface area contributed by atoms with Crippen LogP contribution in [-0.2, 0) is 15.8 Å². The quantitative estimate of drug-likeness (QED) is 0.800. The molecule has 1 unspecified atom stereocenters. The number of nitrogens with zero attached hydrogens (tertiary/aromatic N) is 2. The fourth-order valence-electron chi connectivity index (χ4n) is 1.16. The van der Waals surface area contributed by atoms with Gasteiger partial charge in [0.15, 0.2) is 0 Å². The van der Waals surface area contributed by atoms with E-state index in [2.05, 4.69) is 5.16 Å². The highest BCUT2D eigenvalue weighted by Gasteiger charge is 2.24. The molecule has 0 fully saturated rings. The maximum atomic E-state index is 11.8. The molecule has 0 aliphatic heterocycles. The Hall–Kier alpha value is -0.920. The van der Waals surface area contributed by atoms with Crippen LogP contribution in [0.25, 0.3) is 0 Å². The van der Waals surface area contributed by atoms with Crippen molar-refractivity contribution in [2.75, 3.05) is 13.7 Å². The molecule has 92 valence electrons. The van der Waals surface area contributed by atoms with Crippen LogP contribution in [0.2, 0.25) is 0 Å². The predicted molar refractivity (Wildman–Crippen MR) is 58.2 cm³/mol. The van der Waals surface area contributed by atoms with Gasteiger partial charge in [-0.25, -0.2) is 8.42 Å². The molecule has 0 aliphatic carbocycles. The van der Waals surface area contributed by atoms with E-state index >= 15 is 0 Å². The number of hydrogen-bond donors (Lipinski definition) is 1. The molecule has 1 rings (SSSR count). The van der Waals surface area contributed by atoms with Gasteiger partial charge in [0.05, 0.1) is 6.61 Å². The normalized spacial score (nSPS) is 14.3. The Bertz CT molecular complexity index is 440. The van der Waals surface area contributed by atoms with Crippen molar-refractivity contribution in [2.45, 2.75) is 25.6 Å². The predicted octanol–water partition coefficient (Wildman–Crippen LogP) is 0.125. The summed E-state index contributed by atoms with van der Waals surface area (Å²) in [6.07, 6.45) is 0. The average molecular weight is 248 g/mol. The standard InChI is InChI=1S/C9H16N2O4S/c1-7(5-12)11(3)16(13,14)6-9-4-8(2)15-10-9/h4,7,12H,5-6H2,1-3H3. The lowest BCUT2D eigenvalue weighted by atomic mass is 10.4. The zero-order chi connectivity index (χ0) is 12.3. The molecule has 0 radical (unpaired) electrons. The van der Waals surface area contributed by atoms with Gasteiger partial charge >= 0.3 is 0 Å². The molecule has 1 heterocycles. The lowest BCUT2D eigenvalue weighted by molar-refractivity contribution is 0.213. The Morgan fingerprint density at radius 2 is 2.25 bits per heavy atom. The summed E-state index contributed by atoms with van der Waals surface area (Å²) in [7, 11) is -2.03. The molecule has 0 aliphatic rings. The smallest absolute Gasteiger partial charge is 0.220 e. The summed E-state index contributed by atoms with van der Waals surface area (Å²) in [5.41, 5.74) is 0.370. The Labute approximate surface area is 94.9 Å². The number of likely N-dealkylation sites (N-methyl/N-ethyl adjacent to an activating group) is 1.